The van der Waals surface area contributed by atoms with Gasteiger partial charge in [-0.25, -0.2) is 13.1 Å². The molecule has 98 valence electrons. The van der Waals surface area contributed by atoms with Crippen molar-refractivity contribution in [2.75, 3.05) is 11.6 Å². The second kappa shape index (κ2) is 6.38. The smallest absolute Gasteiger partial charge is 0.212 e. The molecule has 2 atom stereocenters. The number of alkyl halides is 1. The van der Waals surface area contributed by atoms with Gasteiger partial charge in [0.15, 0.2) is 0 Å². The zero-order valence-corrected chi connectivity index (χ0v) is 12.8. The fraction of sp³-hybridized carbons (Fsp3) is 0.600. The maximum Gasteiger partial charge on any atom is 0.212 e. The van der Waals surface area contributed by atoms with Crippen LogP contribution in [0.2, 0.25) is 4.34 Å². The highest BCUT2D eigenvalue weighted by atomic mass is 35.5. The highest BCUT2D eigenvalue weighted by Gasteiger charge is 2.19. The van der Waals surface area contributed by atoms with Gasteiger partial charge in [0.2, 0.25) is 10.0 Å². The van der Waals surface area contributed by atoms with Crippen molar-refractivity contribution in [2.45, 2.75) is 19.9 Å². The molecular weight excluding hydrogens is 301 g/mol. The summed E-state index contributed by atoms with van der Waals surface area (Å²) in [5.74, 6) is 0.313. The van der Waals surface area contributed by atoms with Gasteiger partial charge in [-0.1, -0.05) is 18.5 Å². The molecule has 1 rings (SSSR count). The molecule has 0 aliphatic carbocycles. The number of halogens is 2. The third kappa shape index (κ3) is 5.14. The van der Waals surface area contributed by atoms with Crippen LogP contribution in [0.25, 0.3) is 0 Å². The van der Waals surface area contributed by atoms with Crippen molar-refractivity contribution in [1.29, 1.82) is 0 Å². The first-order valence-electron chi connectivity index (χ1n) is 5.15. The van der Waals surface area contributed by atoms with Gasteiger partial charge in [0, 0.05) is 10.8 Å². The third-order valence-electron chi connectivity index (χ3n) is 2.14. The Morgan fingerprint density at radius 1 is 1.41 bits per heavy atom. The molecule has 0 aliphatic heterocycles. The number of hydrogen-bond donors (Lipinski definition) is 1. The second-order valence-electron chi connectivity index (χ2n) is 4.02. The molecule has 0 saturated heterocycles. The lowest BCUT2D eigenvalue weighted by Crippen LogP contribution is -2.31. The molecule has 0 bridgehead atoms. The fourth-order valence-corrected chi connectivity index (χ4v) is 4.36. The van der Waals surface area contributed by atoms with Crippen LogP contribution in [0.5, 0.6) is 0 Å². The highest BCUT2D eigenvalue weighted by Crippen LogP contribution is 2.27. The van der Waals surface area contributed by atoms with Gasteiger partial charge in [-0.3, -0.25) is 0 Å². The van der Waals surface area contributed by atoms with Gasteiger partial charge in [-0.15, -0.1) is 22.9 Å². The van der Waals surface area contributed by atoms with Gasteiger partial charge >= 0.3 is 0 Å². The standard InChI is InChI=1S/C10H15Cl2NO2S2/c1-7(5-11)6-17(14,15)13-8(2)9-3-4-10(12)16-9/h3-4,7-8,13H,5-6H2,1-2H3. The van der Waals surface area contributed by atoms with E-state index < -0.39 is 10.0 Å². The summed E-state index contributed by atoms with van der Waals surface area (Å²) >= 11 is 12.8. The van der Waals surface area contributed by atoms with Crippen LogP contribution in [0, 0.1) is 5.92 Å². The van der Waals surface area contributed by atoms with E-state index in [9.17, 15) is 8.42 Å². The molecular formula is C10H15Cl2NO2S2. The second-order valence-corrected chi connectivity index (χ2v) is 7.88. The Hall–Kier alpha value is 0.190. The van der Waals surface area contributed by atoms with Crippen molar-refractivity contribution < 1.29 is 8.42 Å². The van der Waals surface area contributed by atoms with Crippen molar-refractivity contribution in [2.24, 2.45) is 5.92 Å². The maximum atomic E-state index is 11.8. The van der Waals surface area contributed by atoms with Crippen molar-refractivity contribution in [3.63, 3.8) is 0 Å². The van der Waals surface area contributed by atoms with Gasteiger partial charge in [0.25, 0.3) is 0 Å². The van der Waals surface area contributed by atoms with E-state index in [2.05, 4.69) is 4.72 Å². The molecule has 7 heteroatoms. The molecule has 0 aromatic carbocycles. The maximum absolute atomic E-state index is 11.8. The number of sulfonamides is 1. The summed E-state index contributed by atoms with van der Waals surface area (Å²) in [6.45, 7) is 3.60. The normalized spacial score (nSPS) is 15.8. The lowest BCUT2D eigenvalue weighted by atomic mass is 10.3. The summed E-state index contributed by atoms with van der Waals surface area (Å²) in [7, 11) is -3.30. The minimum Gasteiger partial charge on any atom is -0.212 e. The van der Waals surface area contributed by atoms with Crippen LogP contribution in [-0.2, 0) is 10.0 Å². The Kier molecular flexibility index (Phi) is 5.73. The van der Waals surface area contributed by atoms with Crippen LogP contribution < -0.4 is 4.72 Å². The van der Waals surface area contributed by atoms with Gasteiger partial charge in [0.1, 0.15) is 0 Å². The minimum absolute atomic E-state index is 0.0416. The molecule has 0 amide bonds. The molecule has 2 unspecified atom stereocenters. The first-order valence-corrected chi connectivity index (χ1v) is 8.53. The predicted octanol–water partition coefficient (Wildman–Crippen LogP) is 3.26. The average Bonchev–Trinajstić information content (AvgIpc) is 2.63. The van der Waals surface area contributed by atoms with Crippen LogP contribution in [-0.4, -0.2) is 20.1 Å². The van der Waals surface area contributed by atoms with Gasteiger partial charge in [0.05, 0.1) is 16.1 Å². The Morgan fingerprint density at radius 3 is 2.53 bits per heavy atom. The molecule has 1 aromatic rings. The molecule has 17 heavy (non-hydrogen) atoms. The molecule has 1 aromatic heterocycles. The Bertz CT molecular complexity index is 459. The molecule has 0 saturated carbocycles. The van der Waals surface area contributed by atoms with E-state index in [1.807, 2.05) is 6.07 Å². The van der Waals surface area contributed by atoms with E-state index in [0.717, 1.165) is 4.88 Å². The zero-order chi connectivity index (χ0) is 13.1. The summed E-state index contributed by atoms with van der Waals surface area (Å²) in [6, 6.07) is 3.32. The fourth-order valence-electron chi connectivity index (χ4n) is 1.36. The Balaban J connectivity index is 2.64. The molecule has 1 N–H and O–H groups in total. The minimum atomic E-state index is -3.30. The zero-order valence-electron chi connectivity index (χ0n) is 9.61. The van der Waals surface area contributed by atoms with Crippen molar-refractivity contribution in [1.82, 2.24) is 4.72 Å². The SMILES string of the molecule is CC(CCl)CS(=O)(=O)NC(C)c1ccc(Cl)s1. The lowest BCUT2D eigenvalue weighted by molar-refractivity contribution is 0.556. The summed E-state index contributed by atoms with van der Waals surface area (Å²) < 4.78 is 26.9. The summed E-state index contributed by atoms with van der Waals surface area (Å²) in [4.78, 5) is 0.900. The molecule has 1 heterocycles. The van der Waals surface area contributed by atoms with E-state index in [-0.39, 0.29) is 17.7 Å². The van der Waals surface area contributed by atoms with Crippen molar-refractivity contribution >= 4 is 44.6 Å². The van der Waals surface area contributed by atoms with E-state index in [4.69, 9.17) is 23.2 Å². The number of rotatable bonds is 6. The molecule has 3 nitrogen and oxygen atoms in total. The van der Waals surface area contributed by atoms with Gasteiger partial charge < -0.3 is 0 Å². The van der Waals surface area contributed by atoms with Crippen molar-refractivity contribution in [3.05, 3.63) is 21.3 Å². The average molecular weight is 316 g/mol. The van der Waals surface area contributed by atoms with Crippen LogP contribution in [0.15, 0.2) is 12.1 Å². The highest BCUT2D eigenvalue weighted by molar-refractivity contribution is 7.89. The van der Waals surface area contributed by atoms with Crippen LogP contribution in [0.4, 0.5) is 0 Å². The summed E-state index contributed by atoms with van der Waals surface area (Å²) in [5.41, 5.74) is 0. The Labute approximate surface area is 116 Å². The number of thiophene rings is 1. The summed E-state index contributed by atoms with van der Waals surface area (Å²) in [6.07, 6.45) is 0. The quantitative estimate of drug-likeness (QED) is 0.819. The van der Waals surface area contributed by atoms with E-state index in [0.29, 0.717) is 10.2 Å². The first kappa shape index (κ1) is 15.2. The third-order valence-corrected chi connectivity index (χ3v) is 5.81. The predicted molar refractivity (Wildman–Crippen MR) is 74.6 cm³/mol. The lowest BCUT2D eigenvalue weighted by Gasteiger charge is -2.14. The molecule has 0 fully saturated rings. The van der Waals surface area contributed by atoms with Gasteiger partial charge in [-0.05, 0) is 25.0 Å². The van der Waals surface area contributed by atoms with Crippen LogP contribution in [0.3, 0.4) is 0 Å². The van der Waals surface area contributed by atoms with Crippen LogP contribution >= 0.6 is 34.5 Å². The van der Waals surface area contributed by atoms with Gasteiger partial charge in [-0.2, -0.15) is 0 Å². The van der Waals surface area contributed by atoms with E-state index in [1.54, 1.807) is 19.9 Å². The summed E-state index contributed by atoms with van der Waals surface area (Å²) in [5, 5.41) is 0. The largest absolute Gasteiger partial charge is 0.212 e. The number of nitrogens with one attached hydrogen (secondary N) is 1. The molecule has 0 aliphatic rings. The Morgan fingerprint density at radius 2 is 2.06 bits per heavy atom. The van der Waals surface area contributed by atoms with Crippen LogP contribution in [0.1, 0.15) is 24.8 Å². The van der Waals surface area contributed by atoms with Crippen molar-refractivity contribution in [3.8, 4) is 0 Å². The molecule has 0 radical (unpaired) electrons. The topological polar surface area (TPSA) is 46.2 Å². The van der Waals surface area contributed by atoms with E-state index in [1.165, 1.54) is 11.3 Å². The first-order chi connectivity index (χ1) is 7.84. The monoisotopic (exact) mass is 315 g/mol. The molecule has 0 spiro atoms. The van der Waals surface area contributed by atoms with E-state index >= 15 is 0 Å². The number of hydrogen-bond acceptors (Lipinski definition) is 3.